The molecule has 0 saturated carbocycles. The summed E-state index contributed by atoms with van der Waals surface area (Å²) < 4.78 is 0. The highest BCUT2D eigenvalue weighted by Gasteiger charge is 2.14. The van der Waals surface area contributed by atoms with Gasteiger partial charge in [0.15, 0.2) is 0 Å². The van der Waals surface area contributed by atoms with Crippen LogP contribution in [-0.2, 0) is 0 Å². The first-order chi connectivity index (χ1) is 10.1. The molecule has 2 rings (SSSR count). The largest absolute Gasteiger partial charge is 0.378 e. The fraction of sp³-hybridized carbons (Fsp3) is 0.294. The number of nitrogens with one attached hydrogen (secondary N) is 1. The molecule has 0 spiro atoms. The Kier molecular flexibility index (Phi) is 4.93. The van der Waals surface area contributed by atoms with Gasteiger partial charge in [-0.15, -0.1) is 0 Å². The number of nitrogens with zero attached hydrogens (tertiary/aromatic N) is 1. The Morgan fingerprint density at radius 3 is 2.43 bits per heavy atom. The van der Waals surface area contributed by atoms with Gasteiger partial charge >= 0.3 is 0 Å². The number of anilines is 1. The molecule has 0 aliphatic rings. The maximum absolute atomic E-state index is 10.9. The summed E-state index contributed by atoms with van der Waals surface area (Å²) in [5, 5.41) is 14.3. The zero-order chi connectivity index (χ0) is 15.2. The zero-order valence-corrected chi connectivity index (χ0v) is 12.3. The average molecular weight is 284 g/mol. The molecule has 110 valence electrons. The highest BCUT2D eigenvalue weighted by atomic mass is 16.6. The van der Waals surface area contributed by atoms with E-state index in [2.05, 4.69) is 31.3 Å². The second kappa shape index (κ2) is 6.88. The minimum Gasteiger partial charge on any atom is -0.378 e. The zero-order valence-electron chi connectivity index (χ0n) is 12.3. The van der Waals surface area contributed by atoms with Crippen LogP contribution in [0.5, 0.6) is 0 Å². The summed E-state index contributed by atoms with van der Waals surface area (Å²) in [4.78, 5) is 10.5. The molecule has 0 fully saturated rings. The van der Waals surface area contributed by atoms with Gasteiger partial charge in [0.1, 0.15) is 0 Å². The maximum atomic E-state index is 10.9. The van der Waals surface area contributed by atoms with Gasteiger partial charge in [-0.2, -0.15) is 0 Å². The van der Waals surface area contributed by atoms with E-state index in [1.807, 2.05) is 24.3 Å². The van der Waals surface area contributed by atoms with Crippen molar-refractivity contribution in [3.63, 3.8) is 0 Å². The second-order valence-corrected chi connectivity index (χ2v) is 5.54. The van der Waals surface area contributed by atoms with Crippen molar-refractivity contribution in [3.8, 4) is 0 Å². The summed E-state index contributed by atoms with van der Waals surface area (Å²) in [7, 11) is 0. The second-order valence-electron chi connectivity index (χ2n) is 5.54. The Bertz CT molecular complexity index is 597. The molecule has 1 unspecified atom stereocenters. The topological polar surface area (TPSA) is 55.2 Å². The van der Waals surface area contributed by atoms with Crippen molar-refractivity contribution < 1.29 is 4.92 Å². The average Bonchev–Trinajstić information content (AvgIpc) is 2.47. The molecule has 0 aromatic heterocycles. The summed E-state index contributed by atoms with van der Waals surface area (Å²) in [6.45, 7) is 4.34. The fourth-order valence-electron chi connectivity index (χ4n) is 2.35. The molecule has 0 heterocycles. The Hall–Kier alpha value is -2.36. The summed E-state index contributed by atoms with van der Waals surface area (Å²) in [6, 6.07) is 17.0. The van der Waals surface area contributed by atoms with Crippen molar-refractivity contribution >= 4 is 11.4 Å². The standard InChI is InChI=1S/C17H20N2O2/c1-13(2)11-17(14-7-4-3-5-8-14)18-15-9-6-10-16(12-15)19(20)21/h3-10,12-13,17-18H,11H2,1-2H3. The Balaban J connectivity index is 2.23. The van der Waals surface area contributed by atoms with Crippen molar-refractivity contribution in [2.24, 2.45) is 5.92 Å². The van der Waals surface area contributed by atoms with E-state index in [9.17, 15) is 10.1 Å². The molecule has 4 heteroatoms. The van der Waals surface area contributed by atoms with Crippen LogP contribution in [0.4, 0.5) is 11.4 Å². The first kappa shape index (κ1) is 15.0. The first-order valence-electron chi connectivity index (χ1n) is 7.12. The number of nitro benzene ring substituents is 1. The maximum Gasteiger partial charge on any atom is 0.271 e. The van der Waals surface area contributed by atoms with Gasteiger partial charge in [-0.3, -0.25) is 10.1 Å². The van der Waals surface area contributed by atoms with E-state index in [1.54, 1.807) is 12.1 Å². The van der Waals surface area contributed by atoms with Gasteiger partial charge in [0.25, 0.3) is 5.69 Å². The predicted molar refractivity (Wildman–Crippen MR) is 85.4 cm³/mol. The molecular formula is C17H20N2O2. The highest BCUT2D eigenvalue weighted by Crippen LogP contribution is 2.27. The molecule has 0 amide bonds. The monoisotopic (exact) mass is 284 g/mol. The van der Waals surface area contributed by atoms with Crippen LogP contribution in [-0.4, -0.2) is 4.92 Å². The molecule has 0 aliphatic heterocycles. The third-order valence-electron chi connectivity index (χ3n) is 3.31. The SMILES string of the molecule is CC(C)CC(Nc1cccc([N+](=O)[O-])c1)c1ccccc1. The molecule has 0 saturated heterocycles. The minimum absolute atomic E-state index is 0.108. The minimum atomic E-state index is -0.370. The van der Waals surface area contributed by atoms with Crippen LogP contribution in [0, 0.1) is 16.0 Å². The van der Waals surface area contributed by atoms with Crippen LogP contribution in [0.3, 0.4) is 0 Å². The van der Waals surface area contributed by atoms with E-state index in [-0.39, 0.29) is 16.7 Å². The van der Waals surface area contributed by atoms with Crippen molar-refractivity contribution in [1.29, 1.82) is 0 Å². The number of non-ortho nitro benzene ring substituents is 1. The number of rotatable bonds is 6. The van der Waals surface area contributed by atoms with E-state index in [1.165, 1.54) is 11.6 Å². The fourth-order valence-corrected chi connectivity index (χ4v) is 2.35. The number of nitro groups is 1. The van der Waals surface area contributed by atoms with Crippen LogP contribution >= 0.6 is 0 Å². The lowest BCUT2D eigenvalue weighted by atomic mass is 9.96. The molecule has 0 aliphatic carbocycles. The van der Waals surface area contributed by atoms with Gasteiger partial charge in [-0.05, 0) is 24.0 Å². The smallest absolute Gasteiger partial charge is 0.271 e. The van der Waals surface area contributed by atoms with Crippen LogP contribution in [0.15, 0.2) is 54.6 Å². The van der Waals surface area contributed by atoms with Crippen LogP contribution < -0.4 is 5.32 Å². The van der Waals surface area contributed by atoms with Crippen molar-refractivity contribution in [3.05, 3.63) is 70.3 Å². The Morgan fingerprint density at radius 1 is 1.10 bits per heavy atom. The van der Waals surface area contributed by atoms with E-state index in [0.717, 1.165) is 12.1 Å². The third kappa shape index (κ3) is 4.31. The van der Waals surface area contributed by atoms with Crippen LogP contribution in [0.1, 0.15) is 31.9 Å². The molecular weight excluding hydrogens is 264 g/mol. The molecule has 2 aromatic carbocycles. The number of hydrogen-bond donors (Lipinski definition) is 1. The van der Waals surface area contributed by atoms with E-state index < -0.39 is 0 Å². The quantitative estimate of drug-likeness (QED) is 0.612. The molecule has 1 atom stereocenters. The molecule has 1 N–H and O–H groups in total. The molecule has 0 radical (unpaired) electrons. The Morgan fingerprint density at radius 2 is 1.81 bits per heavy atom. The molecule has 4 nitrogen and oxygen atoms in total. The molecule has 21 heavy (non-hydrogen) atoms. The summed E-state index contributed by atoms with van der Waals surface area (Å²) in [5.41, 5.74) is 2.08. The lowest BCUT2D eigenvalue weighted by molar-refractivity contribution is -0.384. The lowest BCUT2D eigenvalue weighted by Gasteiger charge is -2.22. The molecule has 2 aromatic rings. The van der Waals surface area contributed by atoms with E-state index >= 15 is 0 Å². The normalized spacial score (nSPS) is 12.1. The van der Waals surface area contributed by atoms with Crippen molar-refractivity contribution in [2.75, 3.05) is 5.32 Å². The van der Waals surface area contributed by atoms with Gasteiger partial charge in [-0.25, -0.2) is 0 Å². The summed E-state index contributed by atoms with van der Waals surface area (Å²) in [5.74, 6) is 0.529. The third-order valence-corrected chi connectivity index (χ3v) is 3.31. The number of benzene rings is 2. The summed E-state index contributed by atoms with van der Waals surface area (Å²) >= 11 is 0. The summed E-state index contributed by atoms with van der Waals surface area (Å²) in [6.07, 6.45) is 0.965. The highest BCUT2D eigenvalue weighted by molar-refractivity contribution is 5.52. The van der Waals surface area contributed by atoms with Gasteiger partial charge in [0.2, 0.25) is 0 Å². The van der Waals surface area contributed by atoms with Crippen LogP contribution in [0.2, 0.25) is 0 Å². The van der Waals surface area contributed by atoms with Gasteiger partial charge < -0.3 is 5.32 Å². The van der Waals surface area contributed by atoms with Gasteiger partial charge in [0.05, 0.1) is 11.0 Å². The first-order valence-corrected chi connectivity index (χ1v) is 7.12. The predicted octanol–water partition coefficient (Wildman–Crippen LogP) is 4.79. The van der Waals surface area contributed by atoms with E-state index in [0.29, 0.717) is 5.92 Å². The van der Waals surface area contributed by atoms with Gasteiger partial charge in [0, 0.05) is 17.8 Å². The molecule has 0 bridgehead atoms. The van der Waals surface area contributed by atoms with Gasteiger partial charge in [-0.1, -0.05) is 50.2 Å². The lowest BCUT2D eigenvalue weighted by Crippen LogP contribution is -2.13. The van der Waals surface area contributed by atoms with Crippen molar-refractivity contribution in [1.82, 2.24) is 0 Å². The van der Waals surface area contributed by atoms with Crippen molar-refractivity contribution in [2.45, 2.75) is 26.3 Å². The van der Waals surface area contributed by atoms with E-state index in [4.69, 9.17) is 0 Å². The Labute approximate surface area is 125 Å². The number of hydrogen-bond acceptors (Lipinski definition) is 3. The van der Waals surface area contributed by atoms with Crippen LogP contribution in [0.25, 0.3) is 0 Å².